The second-order valence-electron chi connectivity index (χ2n) is 5.17. The number of H-pyrrole nitrogens is 1. The largest absolute Gasteiger partial charge is 0.355 e. The van der Waals surface area contributed by atoms with Gasteiger partial charge in [-0.25, -0.2) is 0 Å². The van der Waals surface area contributed by atoms with Gasteiger partial charge in [0, 0.05) is 23.0 Å². The highest BCUT2D eigenvalue weighted by Gasteiger charge is 2.23. The van der Waals surface area contributed by atoms with Crippen LogP contribution >= 0.6 is 0 Å². The van der Waals surface area contributed by atoms with Crippen LogP contribution in [-0.2, 0) is 6.42 Å². The molecular weight excluding hydrogens is 230 g/mol. The Hall–Kier alpha value is -2.28. The molecule has 1 aromatic heterocycles. The molecule has 0 unspecified atom stereocenters. The van der Waals surface area contributed by atoms with Crippen molar-refractivity contribution in [1.29, 1.82) is 0 Å². The van der Waals surface area contributed by atoms with Crippen LogP contribution in [0.5, 0.6) is 0 Å². The first kappa shape index (κ1) is 10.6. The normalized spacial score (nSPS) is 14.2. The van der Waals surface area contributed by atoms with Crippen LogP contribution in [0.1, 0.15) is 23.7 Å². The van der Waals surface area contributed by atoms with Gasteiger partial charge in [0.25, 0.3) is 0 Å². The summed E-state index contributed by atoms with van der Waals surface area (Å²) < 4.78 is 0. The van der Waals surface area contributed by atoms with Crippen molar-refractivity contribution in [2.75, 3.05) is 0 Å². The second-order valence-corrected chi connectivity index (χ2v) is 5.17. The number of benzene rings is 2. The summed E-state index contributed by atoms with van der Waals surface area (Å²) in [5.74, 6) is 0. The Morgan fingerprint density at radius 2 is 1.63 bits per heavy atom. The summed E-state index contributed by atoms with van der Waals surface area (Å²) in [6, 6.07) is 19.3. The van der Waals surface area contributed by atoms with Crippen LogP contribution in [-0.4, -0.2) is 4.98 Å². The Labute approximate surface area is 112 Å². The molecular formula is C18H15N. The quantitative estimate of drug-likeness (QED) is 0.642. The van der Waals surface area contributed by atoms with Gasteiger partial charge in [-0.3, -0.25) is 0 Å². The van der Waals surface area contributed by atoms with E-state index in [0.29, 0.717) is 0 Å². The van der Waals surface area contributed by atoms with Crippen molar-refractivity contribution in [3.8, 4) is 0 Å². The third kappa shape index (κ3) is 1.48. The number of fused-ring (bicyclic) bond motifs is 3. The number of aromatic amines is 1. The molecule has 0 spiro atoms. The predicted octanol–water partition coefficient (Wildman–Crippen LogP) is 4.65. The molecule has 1 heteroatoms. The minimum atomic E-state index is 1.04. The number of rotatable bonds is 1. The SMILES string of the molecule is CC1=C(c2ccccc2)Cc2c1[nH]c1ccccc21. The molecule has 4 rings (SSSR count). The van der Waals surface area contributed by atoms with Crippen LogP contribution in [0.4, 0.5) is 0 Å². The van der Waals surface area contributed by atoms with Gasteiger partial charge in [0.1, 0.15) is 0 Å². The van der Waals surface area contributed by atoms with Gasteiger partial charge in [-0.1, -0.05) is 48.5 Å². The van der Waals surface area contributed by atoms with Gasteiger partial charge in [0.15, 0.2) is 0 Å². The molecule has 0 radical (unpaired) electrons. The number of nitrogens with one attached hydrogen (secondary N) is 1. The van der Waals surface area contributed by atoms with E-state index >= 15 is 0 Å². The van der Waals surface area contributed by atoms with Crippen LogP contribution in [0.15, 0.2) is 54.6 Å². The van der Waals surface area contributed by atoms with E-state index in [9.17, 15) is 0 Å². The summed E-state index contributed by atoms with van der Waals surface area (Å²) in [6.45, 7) is 2.23. The molecule has 0 atom stereocenters. The van der Waals surface area contributed by atoms with E-state index in [4.69, 9.17) is 0 Å². The fourth-order valence-corrected chi connectivity index (χ4v) is 3.12. The minimum Gasteiger partial charge on any atom is -0.355 e. The lowest BCUT2D eigenvalue weighted by Crippen LogP contribution is -1.85. The maximum atomic E-state index is 3.57. The molecule has 1 nitrogen and oxygen atoms in total. The van der Waals surface area contributed by atoms with Crippen molar-refractivity contribution < 1.29 is 0 Å². The standard InChI is InChI=1S/C18H15N/c1-12-15(13-7-3-2-4-8-13)11-16-14-9-5-6-10-17(14)19-18(12)16/h2-10,19H,11H2,1H3. The molecule has 1 aliphatic carbocycles. The Morgan fingerprint density at radius 1 is 0.895 bits per heavy atom. The van der Waals surface area contributed by atoms with E-state index in [1.165, 1.54) is 38.9 Å². The van der Waals surface area contributed by atoms with Gasteiger partial charge in [-0.2, -0.15) is 0 Å². The Morgan fingerprint density at radius 3 is 2.47 bits per heavy atom. The highest BCUT2D eigenvalue weighted by Crippen LogP contribution is 2.41. The molecule has 1 aliphatic rings. The van der Waals surface area contributed by atoms with Crippen molar-refractivity contribution in [2.45, 2.75) is 13.3 Å². The third-order valence-corrected chi connectivity index (χ3v) is 4.12. The second kappa shape index (κ2) is 3.86. The lowest BCUT2D eigenvalue weighted by Gasteiger charge is -2.04. The average molecular weight is 245 g/mol. The summed E-state index contributed by atoms with van der Waals surface area (Å²) >= 11 is 0. The zero-order valence-corrected chi connectivity index (χ0v) is 10.9. The summed E-state index contributed by atoms with van der Waals surface area (Å²) in [5.41, 5.74) is 8.20. The van der Waals surface area contributed by atoms with E-state index in [-0.39, 0.29) is 0 Å². The summed E-state index contributed by atoms with van der Waals surface area (Å²) in [6.07, 6.45) is 1.04. The molecule has 0 fully saturated rings. The third-order valence-electron chi connectivity index (χ3n) is 4.12. The predicted molar refractivity (Wildman–Crippen MR) is 80.9 cm³/mol. The summed E-state index contributed by atoms with van der Waals surface area (Å²) in [5, 5.41) is 1.36. The van der Waals surface area contributed by atoms with Crippen LogP contribution in [0.2, 0.25) is 0 Å². The molecule has 19 heavy (non-hydrogen) atoms. The minimum absolute atomic E-state index is 1.04. The molecule has 2 aromatic carbocycles. The summed E-state index contributed by atoms with van der Waals surface area (Å²) in [7, 11) is 0. The fraction of sp³-hybridized carbons (Fsp3) is 0.111. The number of hydrogen-bond donors (Lipinski definition) is 1. The highest BCUT2D eigenvalue weighted by atomic mass is 14.7. The molecule has 0 bridgehead atoms. The highest BCUT2D eigenvalue weighted by molar-refractivity contribution is 6.02. The molecule has 0 amide bonds. The number of para-hydroxylation sites is 1. The van der Waals surface area contributed by atoms with Crippen LogP contribution in [0.3, 0.4) is 0 Å². The maximum absolute atomic E-state index is 3.57. The zero-order valence-electron chi connectivity index (χ0n) is 10.9. The van der Waals surface area contributed by atoms with E-state index in [2.05, 4.69) is 66.5 Å². The summed E-state index contributed by atoms with van der Waals surface area (Å²) in [4.78, 5) is 3.57. The average Bonchev–Trinajstić information content (AvgIpc) is 2.98. The topological polar surface area (TPSA) is 15.8 Å². The first-order chi connectivity index (χ1) is 9.34. The number of aromatic nitrogens is 1. The van der Waals surface area contributed by atoms with Crippen molar-refractivity contribution >= 4 is 22.0 Å². The van der Waals surface area contributed by atoms with E-state index in [0.717, 1.165) is 6.42 Å². The molecule has 1 heterocycles. The van der Waals surface area contributed by atoms with Gasteiger partial charge in [-0.05, 0) is 35.3 Å². The Balaban J connectivity index is 1.92. The number of hydrogen-bond acceptors (Lipinski definition) is 0. The maximum Gasteiger partial charge on any atom is 0.0461 e. The lowest BCUT2D eigenvalue weighted by atomic mass is 10.0. The Bertz CT molecular complexity index is 791. The first-order valence-electron chi connectivity index (χ1n) is 6.70. The molecule has 0 saturated carbocycles. The van der Waals surface area contributed by atoms with Crippen molar-refractivity contribution in [1.82, 2.24) is 4.98 Å². The first-order valence-corrected chi connectivity index (χ1v) is 6.70. The molecule has 0 aliphatic heterocycles. The molecule has 0 saturated heterocycles. The van der Waals surface area contributed by atoms with E-state index in [1.807, 2.05) is 0 Å². The number of allylic oxidation sites excluding steroid dienone is 2. The van der Waals surface area contributed by atoms with Crippen LogP contribution < -0.4 is 0 Å². The zero-order chi connectivity index (χ0) is 12.8. The smallest absolute Gasteiger partial charge is 0.0461 e. The monoisotopic (exact) mass is 245 g/mol. The van der Waals surface area contributed by atoms with Gasteiger partial charge >= 0.3 is 0 Å². The Kier molecular flexibility index (Phi) is 2.16. The van der Waals surface area contributed by atoms with Crippen LogP contribution in [0.25, 0.3) is 22.0 Å². The van der Waals surface area contributed by atoms with E-state index < -0.39 is 0 Å². The fourth-order valence-electron chi connectivity index (χ4n) is 3.12. The van der Waals surface area contributed by atoms with E-state index in [1.54, 1.807) is 0 Å². The van der Waals surface area contributed by atoms with Crippen molar-refractivity contribution in [2.24, 2.45) is 0 Å². The van der Waals surface area contributed by atoms with Gasteiger partial charge in [0.05, 0.1) is 0 Å². The van der Waals surface area contributed by atoms with Gasteiger partial charge in [-0.15, -0.1) is 0 Å². The lowest BCUT2D eigenvalue weighted by molar-refractivity contribution is 1.32. The van der Waals surface area contributed by atoms with Crippen molar-refractivity contribution in [3.63, 3.8) is 0 Å². The van der Waals surface area contributed by atoms with Gasteiger partial charge in [0.2, 0.25) is 0 Å². The molecule has 92 valence electrons. The van der Waals surface area contributed by atoms with Crippen LogP contribution in [0, 0.1) is 0 Å². The van der Waals surface area contributed by atoms with Gasteiger partial charge < -0.3 is 4.98 Å². The molecule has 3 aromatic rings. The van der Waals surface area contributed by atoms with Crippen molar-refractivity contribution in [3.05, 3.63) is 71.4 Å². The molecule has 1 N–H and O–H groups in total.